The first-order valence-electron chi connectivity index (χ1n) is 14.4. The highest BCUT2D eigenvalue weighted by Crippen LogP contribution is 2.53. The minimum atomic E-state index is -2.61. The molecule has 0 saturated heterocycles. The molecule has 0 aliphatic carbocycles. The lowest BCUT2D eigenvalue weighted by Gasteiger charge is -2.50. The SMILES string of the molecule is CCCCCCCCCC1=C=CC(CCO[Si](C)(C)C(C)(C)C)O[Si](C(C)(C)C)(C(C)(C)C)OC1. The van der Waals surface area contributed by atoms with E-state index < -0.39 is 16.9 Å². The Balaban J connectivity index is 3.03. The third-order valence-electron chi connectivity index (χ3n) is 7.97. The summed E-state index contributed by atoms with van der Waals surface area (Å²) in [6.07, 6.45) is 13.4. The average Bonchev–Trinajstić information content (AvgIpc) is 2.67. The molecule has 1 unspecified atom stereocenters. The van der Waals surface area contributed by atoms with Crippen molar-refractivity contribution >= 4 is 16.9 Å². The summed E-state index contributed by atoms with van der Waals surface area (Å²) < 4.78 is 20.5. The molecule has 1 aliphatic rings. The summed E-state index contributed by atoms with van der Waals surface area (Å²) in [5.41, 5.74) is 4.93. The van der Waals surface area contributed by atoms with Gasteiger partial charge in [-0.05, 0) is 49.0 Å². The Bertz CT molecular complexity index is 672. The standard InChI is InChI=1S/C30H60O3Si2/c1-13-14-15-16-17-18-19-20-26-21-22-27(23-24-31-34(11,12)28(2,3)4)33-35(32-25-26,29(5,6)7)30(8,9)10/h22,27H,13-20,23-25H2,1-12H3. The molecule has 35 heavy (non-hydrogen) atoms. The van der Waals surface area contributed by atoms with Gasteiger partial charge in [-0.1, -0.05) is 108 Å². The normalized spacial score (nSPS) is 19.9. The molecule has 0 N–H and O–H groups in total. The van der Waals surface area contributed by atoms with E-state index >= 15 is 0 Å². The molecular formula is C30H60O3Si2. The van der Waals surface area contributed by atoms with Crippen molar-refractivity contribution in [2.24, 2.45) is 0 Å². The summed E-state index contributed by atoms with van der Waals surface area (Å²) in [6, 6.07) is 0. The van der Waals surface area contributed by atoms with Crippen LogP contribution in [0.3, 0.4) is 0 Å². The first-order valence-corrected chi connectivity index (χ1v) is 19.1. The summed E-state index contributed by atoms with van der Waals surface area (Å²) in [4.78, 5) is 0. The molecule has 0 bridgehead atoms. The summed E-state index contributed by atoms with van der Waals surface area (Å²) in [7, 11) is -4.40. The molecule has 0 aromatic heterocycles. The predicted molar refractivity (Wildman–Crippen MR) is 158 cm³/mol. The smallest absolute Gasteiger partial charge is 0.350 e. The zero-order chi connectivity index (χ0) is 27.0. The van der Waals surface area contributed by atoms with Crippen LogP contribution in [0.25, 0.3) is 0 Å². The fourth-order valence-electron chi connectivity index (χ4n) is 4.86. The first kappa shape index (κ1) is 32.9. The lowest BCUT2D eigenvalue weighted by molar-refractivity contribution is 0.0900. The van der Waals surface area contributed by atoms with Crippen LogP contribution >= 0.6 is 0 Å². The average molecular weight is 525 g/mol. The van der Waals surface area contributed by atoms with E-state index in [4.69, 9.17) is 13.3 Å². The molecule has 0 aromatic carbocycles. The van der Waals surface area contributed by atoms with Crippen molar-refractivity contribution in [3.05, 3.63) is 17.4 Å². The molecular weight excluding hydrogens is 464 g/mol. The fraction of sp³-hybridized carbons (Fsp3) is 0.900. The van der Waals surface area contributed by atoms with Gasteiger partial charge in [0.1, 0.15) is 0 Å². The van der Waals surface area contributed by atoms with Crippen LogP contribution < -0.4 is 0 Å². The molecule has 0 fully saturated rings. The van der Waals surface area contributed by atoms with E-state index in [9.17, 15) is 0 Å². The maximum atomic E-state index is 7.06. The lowest BCUT2D eigenvalue weighted by atomic mass is 10.1. The van der Waals surface area contributed by atoms with Gasteiger partial charge < -0.3 is 13.3 Å². The minimum absolute atomic E-state index is 0.0192. The van der Waals surface area contributed by atoms with E-state index in [1.165, 1.54) is 50.5 Å². The Labute approximate surface area is 221 Å². The van der Waals surface area contributed by atoms with Crippen molar-refractivity contribution in [2.75, 3.05) is 13.2 Å². The Morgan fingerprint density at radius 1 is 0.914 bits per heavy atom. The Morgan fingerprint density at radius 3 is 1.97 bits per heavy atom. The van der Waals surface area contributed by atoms with Gasteiger partial charge in [-0.3, -0.25) is 0 Å². The van der Waals surface area contributed by atoms with Crippen molar-refractivity contribution < 1.29 is 13.3 Å². The van der Waals surface area contributed by atoms with E-state index in [1.807, 2.05) is 0 Å². The van der Waals surface area contributed by atoms with Gasteiger partial charge in [0.25, 0.3) is 0 Å². The quantitative estimate of drug-likeness (QED) is 0.144. The molecule has 3 nitrogen and oxygen atoms in total. The third-order valence-corrected chi connectivity index (χ3v) is 17.6. The van der Waals surface area contributed by atoms with Crippen molar-refractivity contribution in [1.29, 1.82) is 0 Å². The number of hydrogen-bond acceptors (Lipinski definition) is 3. The van der Waals surface area contributed by atoms with Gasteiger partial charge in [-0.2, -0.15) is 0 Å². The van der Waals surface area contributed by atoms with E-state index in [2.05, 4.69) is 94.1 Å². The molecule has 1 rings (SSSR count). The van der Waals surface area contributed by atoms with Gasteiger partial charge in [0, 0.05) is 16.7 Å². The Hall–Kier alpha value is -0.166. The maximum Gasteiger partial charge on any atom is 0.350 e. The summed E-state index contributed by atoms with van der Waals surface area (Å²) >= 11 is 0. The summed E-state index contributed by atoms with van der Waals surface area (Å²) in [5.74, 6) is 0. The molecule has 1 aliphatic heterocycles. The second-order valence-corrected chi connectivity index (χ2v) is 23.8. The van der Waals surface area contributed by atoms with Crippen LogP contribution in [-0.2, 0) is 13.3 Å². The van der Waals surface area contributed by atoms with E-state index in [-0.39, 0.29) is 21.2 Å². The van der Waals surface area contributed by atoms with Gasteiger partial charge in [-0.15, -0.1) is 5.73 Å². The van der Waals surface area contributed by atoms with Crippen molar-refractivity contribution in [3.8, 4) is 0 Å². The van der Waals surface area contributed by atoms with Crippen LogP contribution in [0.4, 0.5) is 0 Å². The molecule has 206 valence electrons. The highest BCUT2D eigenvalue weighted by Gasteiger charge is 2.59. The molecule has 0 aromatic rings. The van der Waals surface area contributed by atoms with Crippen LogP contribution in [0.5, 0.6) is 0 Å². The fourth-order valence-corrected chi connectivity index (χ4v) is 10.8. The van der Waals surface area contributed by atoms with E-state index in [0.717, 1.165) is 19.4 Å². The second-order valence-electron chi connectivity index (χ2n) is 14.2. The number of rotatable bonds is 12. The number of hydrogen-bond donors (Lipinski definition) is 0. The van der Waals surface area contributed by atoms with E-state index in [1.54, 1.807) is 0 Å². The van der Waals surface area contributed by atoms with Crippen molar-refractivity contribution in [2.45, 2.75) is 161 Å². The minimum Gasteiger partial charge on any atom is -0.417 e. The molecule has 0 radical (unpaired) electrons. The van der Waals surface area contributed by atoms with Crippen LogP contribution in [0.15, 0.2) is 17.4 Å². The van der Waals surface area contributed by atoms with Crippen LogP contribution in [0.1, 0.15) is 127 Å². The Morgan fingerprint density at radius 2 is 1.46 bits per heavy atom. The molecule has 1 heterocycles. The third kappa shape index (κ3) is 9.91. The zero-order valence-electron chi connectivity index (χ0n) is 25.7. The Kier molecular flexibility index (Phi) is 12.7. The summed E-state index contributed by atoms with van der Waals surface area (Å²) in [6.45, 7) is 29.0. The molecule has 5 heteroatoms. The van der Waals surface area contributed by atoms with Gasteiger partial charge in [0.15, 0.2) is 8.32 Å². The van der Waals surface area contributed by atoms with E-state index in [0.29, 0.717) is 6.61 Å². The highest BCUT2D eigenvalue weighted by molar-refractivity contribution is 6.74. The van der Waals surface area contributed by atoms with Crippen LogP contribution in [-0.4, -0.2) is 36.2 Å². The van der Waals surface area contributed by atoms with Crippen molar-refractivity contribution in [1.82, 2.24) is 0 Å². The van der Waals surface area contributed by atoms with Gasteiger partial charge >= 0.3 is 8.56 Å². The zero-order valence-corrected chi connectivity index (χ0v) is 27.7. The molecule has 0 amide bonds. The second kappa shape index (κ2) is 13.6. The predicted octanol–water partition coefficient (Wildman–Crippen LogP) is 10.1. The van der Waals surface area contributed by atoms with Crippen LogP contribution in [0.2, 0.25) is 28.2 Å². The first-order chi connectivity index (χ1) is 16.0. The lowest BCUT2D eigenvalue weighted by Crippen LogP contribution is -2.59. The van der Waals surface area contributed by atoms with Gasteiger partial charge in [0.2, 0.25) is 0 Å². The van der Waals surface area contributed by atoms with Crippen molar-refractivity contribution in [3.63, 3.8) is 0 Å². The molecule has 0 saturated carbocycles. The molecule has 0 spiro atoms. The van der Waals surface area contributed by atoms with Gasteiger partial charge in [-0.25, -0.2) is 0 Å². The maximum absolute atomic E-state index is 7.06. The van der Waals surface area contributed by atoms with Gasteiger partial charge in [0.05, 0.1) is 12.7 Å². The summed E-state index contributed by atoms with van der Waals surface area (Å²) in [5, 5.41) is 0.130. The number of unbranched alkanes of at least 4 members (excludes halogenated alkanes) is 6. The van der Waals surface area contributed by atoms with Crippen LogP contribution in [0, 0.1) is 0 Å². The monoisotopic (exact) mass is 524 g/mol. The molecule has 1 atom stereocenters. The highest BCUT2D eigenvalue weighted by atomic mass is 28.4. The largest absolute Gasteiger partial charge is 0.417 e. The topological polar surface area (TPSA) is 27.7 Å².